The molecular formula is C14H24N2S. The first-order valence-electron chi connectivity index (χ1n) is 6.79. The summed E-state index contributed by atoms with van der Waals surface area (Å²) in [7, 11) is 0. The van der Waals surface area contributed by atoms with E-state index in [0.717, 1.165) is 18.3 Å². The molecular weight excluding hydrogens is 228 g/mol. The Morgan fingerprint density at radius 2 is 2.06 bits per heavy atom. The van der Waals surface area contributed by atoms with E-state index < -0.39 is 0 Å². The van der Waals surface area contributed by atoms with E-state index in [1.807, 2.05) is 11.3 Å². The van der Waals surface area contributed by atoms with Crippen molar-refractivity contribution in [3.8, 4) is 0 Å². The van der Waals surface area contributed by atoms with Crippen molar-refractivity contribution in [2.24, 2.45) is 17.7 Å². The largest absolute Gasteiger partial charge is 0.271 e. The van der Waals surface area contributed by atoms with E-state index in [-0.39, 0.29) is 0 Å². The normalized spacial score (nSPS) is 27.0. The molecule has 0 radical (unpaired) electrons. The van der Waals surface area contributed by atoms with Gasteiger partial charge in [-0.05, 0) is 43.2 Å². The fourth-order valence-electron chi connectivity index (χ4n) is 2.82. The molecule has 0 saturated heterocycles. The van der Waals surface area contributed by atoms with Crippen LogP contribution in [0, 0.1) is 11.8 Å². The van der Waals surface area contributed by atoms with E-state index in [9.17, 15) is 0 Å². The number of hydrogen-bond donors (Lipinski definition) is 2. The van der Waals surface area contributed by atoms with Gasteiger partial charge in [-0.2, -0.15) is 0 Å². The lowest BCUT2D eigenvalue weighted by atomic mass is 9.79. The molecule has 0 amide bonds. The summed E-state index contributed by atoms with van der Waals surface area (Å²) in [6, 6.07) is 4.87. The number of nitrogens with one attached hydrogen (secondary N) is 1. The van der Waals surface area contributed by atoms with Gasteiger partial charge >= 0.3 is 0 Å². The van der Waals surface area contributed by atoms with Gasteiger partial charge in [-0.3, -0.25) is 11.3 Å². The topological polar surface area (TPSA) is 38.0 Å². The van der Waals surface area contributed by atoms with Crippen LogP contribution in [0.2, 0.25) is 0 Å². The highest BCUT2D eigenvalue weighted by atomic mass is 32.1. The lowest BCUT2D eigenvalue weighted by molar-refractivity contribution is 0.234. The van der Waals surface area contributed by atoms with Crippen LogP contribution in [0.25, 0.3) is 0 Å². The molecule has 2 nitrogen and oxygen atoms in total. The fourth-order valence-corrected chi connectivity index (χ4v) is 3.93. The van der Waals surface area contributed by atoms with E-state index in [1.54, 1.807) is 0 Å². The zero-order valence-corrected chi connectivity index (χ0v) is 11.7. The Morgan fingerprint density at radius 1 is 1.35 bits per heavy atom. The molecule has 1 fully saturated rings. The SMILES string of the molecule is CCc1ccc(C(NN)C2CCC(C)CC2)s1. The molecule has 0 spiro atoms. The maximum atomic E-state index is 5.78. The van der Waals surface area contributed by atoms with Gasteiger partial charge in [-0.1, -0.05) is 26.7 Å². The van der Waals surface area contributed by atoms with Crippen LogP contribution in [0.5, 0.6) is 0 Å². The number of hydrogen-bond acceptors (Lipinski definition) is 3. The minimum atomic E-state index is 0.368. The lowest BCUT2D eigenvalue weighted by Gasteiger charge is -2.31. The molecule has 1 atom stereocenters. The third kappa shape index (κ3) is 3.09. The van der Waals surface area contributed by atoms with Crippen molar-refractivity contribution in [1.82, 2.24) is 5.43 Å². The van der Waals surface area contributed by atoms with E-state index in [1.165, 1.54) is 35.4 Å². The highest BCUT2D eigenvalue weighted by Crippen LogP contribution is 2.38. The number of nitrogens with two attached hydrogens (primary N) is 1. The smallest absolute Gasteiger partial charge is 0.0581 e. The number of thiophene rings is 1. The summed E-state index contributed by atoms with van der Waals surface area (Å²) in [6.07, 6.45) is 6.47. The molecule has 0 aromatic carbocycles. The van der Waals surface area contributed by atoms with Gasteiger partial charge in [0, 0.05) is 9.75 Å². The Morgan fingerprint density at radius 3 is 2.59 bits per heavy atom. The molecule has 1 aliphatic carbocycles. The quantitative estimate of drug-likeness (QED) is 0.634. The van der Waals surface area contributed by atoms with Gasteiger partial charge < -0.3 is 0 Å². The molecule has 1 unspecified atom stereocenters. The van der Waals surface area contributed by atoms with Gasteiger partial charge in [-0.15, -0.1) is 11.3 Å². The average Bonchev–Trinajstić information content (AvgIpc) is 2.81. The number of hydrazine groups is 1. The van der Waals surface area contributed by atoms with Crippen LogP contribution in [0.15, 0.2) is 12.1 Å². The second-order valence-electron chi connectivity index (χ2n) is 5.32. The van der Waals surface area contributed by atoms with Crippen LogP contribution in [0.4, 0.5) is 0 Å². The summed E-state index contributed by atoms with van der Waals surface area (Å²) in [4.78, 5) is 2.88. The van der Waals surface area contributed by atoms with Crippen molar-refractivity contribution >= 4 is 11.3 Å². The molecule has 2 rings (SSSR count). The second-order valence-corrected chi connectivity index (χ2v) is 6.52. The summed E-state index contributed by atoms with van der Waals surface area (Å²) < 4.78 is 0. The van der Waals surface area contributed by atoms with Crippen LogP contribution < -0.4 is 11.3 Å². The summed E-state index contributed by atoms with van der Waals surface area (Å²) in [5.74, 6) is 7.40. The first kappa shape index (κ1) is 13.1. The van der Waals surface area contributed by atoms with Crippen molar-refractivity contribution in [2.45, 2.75) is 52.0 Å². The Labute approximate surface area is 109 Å². The highest BCUT2D eigenvalue weighted by molar-refractivity contribution is 7.12. The fraction of sp³-hybridized carbons (Fsp3) is 0.714. The zero-order valence-electron chi connectivity index (χ0n) is 10.9. The monoisotopic (exact) mass is 252 g/mol. The minimum absolute atomic E-state index is 0.368. The Balaban J connectivity index is 2.05. The summed E-state index contributed by atoms with van der Waals surface area (Å²) >= 11 is 1.92. The van der Waals surface area contributed by atoms with Crippen LogP contribution in [0.3, 0.4) is 0 Å². The van der Waals surface area contributed by atoms with E-state index in [2.05, 4.69) is 31.4 Å². The van der Waals surface area contributed by atoms with E-state index >= 15 is 0 Å². The Kier molecular flexibility index (Phi) is 4.60. The van der Waals surface area contributed by atoms with Crippen molar-refractivity contribution in [1.29, 1.82) is 0 Å². The van der Waals surface area contributed by atoms with Crippen molar-refractivity contribution in [3.63, 3.8) is 0 Å². The van der Waals surface area contributed by atoms with Gasteiger partial charge in [0.1, 0.15) is 0 Å². The van der Waals surface area contributed by atoms with Gasteiger partial charge in [0.2, 0.25) is 0 Å². The third-order valence-corrected chi connectivity index (χ3v) is 5.36. The van der Waals surface area contributed by atoms with Gasteiger partial charge in [-0.25, -0.2) is 0 Å². The second kappa shape index (κ2) is 5.98. The van der Waals surface area contributed by atoms with Gasteiger partial charge in [0.25, 0.3) is 0 Å². The summed E-state index contributed by atoms with van der Waals surface area (Å²) in [5.41, 5.74) is 3.05. The van der Waals surface area contributed by atoms with Crippen molar-refractivity contribution in [3.05, 3.63) is 21.9 Å². The highest BCUT2D eigenvalue weighted by Gasteiger charge is 2.27. The van der Waals surface area contributed by atoms with Gasteiger partial charge in [0.05, 0.1) is 6.04 Å². The molecule has 17 heavy (non-hydrogen) atoms. The average molecular weight is 252 g/mol. The molecule has 0 aliphatic heterocycles. The molecule has 3 N–H and O–H groups in total. The molecule has 1 heterocycles. The lowest BCUT2D eigenvalue weighted by Crippen LogP contribution is -2.34. The predicted molar refractivity (Wildman–Crippen MR) is 74.9 cm³/mol. The van der Waals surface area contributed by atoms with Gasteiger partial charge in [0.15, 0.2) is 0 Å². The summed E-state index contributed by atoms with van der Waals surface area (Å²) in [6.45, 7) is 4.57. The van der Waals surface area contributed by atoms with Crippen LogP contribution in [-0.4, -0.2) is 0 Å². The molecule has 1 aliphatic rings. The maximum absolute atomic E-state index is 5.78. The number of rotatable bonds is 4. The van der Waals surface area contributed by atoms with Crippen LogP contribution in [-0.2, 0) is 6.42 Å². The molecule has 0 bridgehead atoms. The molecule has 3 heteroatoms. The molecule has 96 valence electrons. The molecule has 1 saturated carbocycles. The van der Waals surface area contributed by atoms with Crippen molar-refractivity contribution < 1.29 is 0 Å². The maximum Gasteiger partial charge on any atom is 0.0581 e. The number of aryl methyl sites for hydroxylation is 1. The first-order valence-corrected chi connectivity index (χ1v) is 7.61. The first-order chi connectivity index (χ1) is 8.24. The standard InChI is InChI=1S/C14H24N2S/c1-3-12-8-9-13(17-12)14(16-15)11-6-4-10(2)5-7-11/h8-11,14,16H,3-7,15H2,1-2H3. The molecule has 1 aromatic rings. The van der Waals surface area contributed by atoms with Crippen LogP contribution in [0.1, 0.15) is 55.3 Å². The molecule has 1 aromatic heterocycles. The Hall–Kier alpha value is -0.380. The van der Waals surface area contributed by atoms with E-state index in [4.69, 9.17) is 5.84 Å². The Bertz CT molecular complexity index is 340. The summed E-state index contributed by atoms with van der Waals surface area (Å²) in [5, 5.41) is 0. The predicted octanol–water partition coefficient (Wildman–Crippen LogP) is 3.64. The zero-order chi connectivity index (χ0) is 12.3. The van der Waals surface area contributed by atoms with Crippen molar-refractivity contribution in [2.75, 3.05) is 0 Å². The third-order valence-electron chi connectivity index (χ3n) is 4.05. The van der Waals surface area contributed by atoms with Crippen LogP contribution >= 0.6 is 11.3 Å². The minimum Gasteiger partial charge on any atom is -0.271 e. The van der Waals surface area contributed by atoms with E-state index in [0.29, 0.717) is 6.04 Å².